The van der Waals surface area contributed by atoms with Crippen LogP contribution >= 0.6 is 0 Å². The molecule has 0 unspecified atom stereocenters. The van der Waals surface area contributed by atoms with Crippen molar-refractivity contribution >= 4 is 21.9 Å². The summed E-state index contributed by atoms with van der Waals surface area (Å²) < 4.78 is 37.0. The van der Waals surface area contributed by atoms with Crippen LogP contribution in [-0.4, -0.2) is 32.9 Å². The van der Waals surface area contributed by atoms with E-state index in [9.17, 15) is 18.0 Å². The molecule has 0 aliphatic heterocycles. The lowest BCUT2D eigenvalue weighted by atomic mass is 10.2. The first kappa shape index (κ1) is 21.6. The van der Waals surface area contributed by atoms with E-state index < -0.39 is 22.6 Å². The van der Waals surface area contributed by atoms with Crippen LogP contribution in [0.2, 0.25) is 0 Å². The SMILES string of the molecule is CCC[C@@H](C)NC(=O)COC(=O)c1ccc(S(=O)(=O)NCc2ccco2)cc1. The Labute approximate surface area is 164 Å². The third-order valence-electron chi connectivity index (χ3n) is 3.88. The molecule has 2 rings (SSSR count). The molecule has 1 amide bonds. The Kier molecular flexibility index (Phi) is 7.77. The Bertz CT molecular complexity index is 876. The molecule has 152 valence electrons. The van der Waals surface area contributed by atoms with Crippen LogP contribution in [0, 0.1) is 0 Å². The number of furan rings is 1. The van der Waals surface area contributed by atoms with Gasteiger partial charge in [0.25, 0.3) is 5.91 Å². The van der Waals surface area contributed by atoms with Gasteiger partial charge < -0.3 is 14.5 Å². The monoisotopic (exact) mass is 408 g/mol. The van der Waals surface area contributed by atoms with E-state index in [0.29, 0.717) is 5.76 Å². The molecular formula is C19H24N2O6S. The minimum absolute atomic E-state index is 0.00161. The summed E-state index contributed by atoms with van der Waals surface area (Å²) in [5.41, 5.74) is 0.152. The van der Waals surface area contributed by atoms with Gasteiger partial charge in [-0.25, -0.2) is 17.9 Å². The lowest BCUT2D eigenvalue weighted by Gasteiger charge is -2.12. The van der Waals surface area contributed by atoms with Gasteiger partial charge in [0.05, 0.1) is 23.3 Å². The predicted molar refractivity (Wildman–Crippen MR) is 102 cm³/mol. The lowest BCUT2D eigenvalue weighted by molar-refractivity contribution is -0.124. The lowest BCUT2D eigenvalue weighted by Crippen LogP contribution is -2.35. The molecule has 0 radical (unpaired) electrons. The van der Waals surface area contributed by atoms with Crippen molar-refractivity contribution in [2.75, 3.05) is 6.61 Å². The molecule has 1 aromatic heterocycles. The average molecular weight is 408 g/mol. The predicted octanol–water partition coefficient (Wildman–Crippen LogP) is 2.22. The van der Waals surface area contributed by atoms with E-state index in [2.05, 4.69) is 10.0 Å². The first-order valence-electron chi connectivity index (χ1n) is 8.90. The number of nitrogens with one attached hydrogen (secondary N) is 2. The van der Waals surface area contributed by atoms with Gasteiger partial charge >= 0.3 is 5.97 Å². The second-order valence-electron chi connectivity index (χ2n) is 6.26. The fourth-order valence-corrected chi connectivity index (χ4v) is 3.46. The quantitative estimate of drug-likeness (QED) is 0.583. The molecule has 2 N–H and O–H groups in total. The maximum Gasteiger partial charge on any atom is 0.338 e. The van der Waals surface area contributed by atoms with Gasteiger partial charge in [0, 0.05) is 6.04 Å². The highest BCUT2D eigenvalue weighted by molar-refractivity contribution is 7.89. The van der Waals surface area contributed by atoms with Gasteiger partial charge in [-0.05, 0) is 49.7 Å². The number of benzene rings is 1. The first-order chi connectivity index (χ1) is 13.3. The molecule has 0 aliphatic rings. The summed E-state index contributed by atoms with van der Waals surface area (Å²) in [5, 5.41) is 2.73. The maximum absolute atomic E-state index is 12.3. The third kappa shape index (κ3) is 6.50. The van der Waals surface area contributed by atoms with Crippen LogP contribution in [0.4, 0.5) is 0 Å². The van der Waals surface area contributed by atoms with Gasteiger partial charge in [0.2, 0.25) is 10.0 Å². The summed E-state index contributed by atoms with van der Waals surface area (Å²) in [6, 6.07) is 8.59. The molecule has 28 heavy (non-hydrogen) atoms. The van der Waals surface area contributed by atoms with Crippen molar-refractivity contribution in [3.63, 3.8) is 0 Å². The molecule has 1 atom stereocenters. The second kappa shape index (κ2) is 10.0. The maximum atomic E-state index is 12.3. The zero-order valence-electron chi connectivity index (χ0n) is 15.8. The van der Waals surface area contributed by atoms with Crippen molar-refractivity contribution in [1.82, 2.24) is 10.0 Å². The Morgan fingerprint density at radius 3 is 2.50 bits per heavy atom. The van der Waals surface area contributed by atoms with Gasteiger partial charge in [0.1, 0.15) is 5.76 Å². The van der Waals surface area contributed by atoms with Crippen LogP contribution in [0.3, 0.4) is 0 Å². The van der Waals surface area contributed by atoms with Gasteiger partial charge in [-0.2, -0.15) is 0 Å². The van der Waals surface area contributed by atoms with Crippen molar-refractivity contribution < 1.29 is 27.2 Å². The van der Waals surface area contributed by atoms with Crippen molar-refractivity contribution in [2.45, 2.75) is 44.2 Å². The van der Waals surface area contributed by atoms with E-state index in [1.165, 1.54) is 30.5 Å². The largest absolute Gasteiger partial charge is 0.468 e. The van der Waals surface area contributed by atoms with Gasteiger partial charge in [0.15, 0.2) is 6.61 Å². The summed E-state index contributed by atoms with van der Waals surface area (Å²) in [5.74, 6) is -0.600. The van der Waals surface area contributed by atoms with Crippen LogP contribution in [0.5, 0.6) is 0 Å². The molecule has 0 saturated heterocycles. The Hall–Kier alpha value is -2.65. The second-order valence-corrected chi connectivity index (χ2v) is 8.03. The first-order valence-corrected chi connectivity index (χ1v) is 10.4. The molecule has 0 fully saturated rings. The molecule has 0 saturated carbocycles. The zero-order chi connectivity index (χ0) is 20.6. The number of carbonyl (C=O) groups is 2. The summed E-state index contributed by atoms with van der Waals surface area (Å²) >= 11 is 0. The van der Waals surface area contributed by atoms with Crippen molar-refractivity contribution in [3.8, 4) is 0 Å². The number of sulfonamides is 1. The van der Waals surface area contributed by atoms with Crippen LogP contribution in [0.15, 0.2) is 52.0 Å². The van der Waals surface area contributed by atoms with E-state index in [0.717, 1.165) is 12.8 Å². The number of amides is 1. The highest BCUT2D eigenvalue weighted by Crippen LogP contribution is 2.12. The zero-order valence-corrected chi connectivity index (χ0v) is 16.6. The molecule has 0 spiro atoms. The van der Waals surface area contributed by atoms with E-state index >= 15 is 0 Å². The molecule has 2 aromatic rings. The number of carbonyl (C=O) groups excluding carboxylic acids is 2. The number of hydrogen-bond donors (Lipinski definition) is 2. The summed E-state index contributed by atoms with van der Waals surface area (Å²) in [7, 11) is -3.75. The number of hydrogen-bond acceptors (Lipinski definition) is 6. The van der Waals surface area contributed by atoms with Gasteiger partial charge in [-0.15, -0.1) is 0 Å². The van der Waals surface area contributed by atoms with Crippen LogP contribution < -0.4 is 10.0 Å². The molecule has 1 heterocycles. The molecule has 1 aromatic carbocycles. The van der Waals surface area contributed by atoms with Gasteiger partial charge in [-0.3, -0.25) is 4.79 Å². The van der Waals surface area contributed by atoms with Crippen LogP contribution in [0.1, 0.15) is 42.8 Å². The molecule has 0 bridgehead atoms. The van der Waals surface area contributed by atoms with Crippen molar-refractivity contribution in [1.29, 1.82) is 0 Å². The highest BCUT2D eigenvalue weighted by Gasteiger charge is 2.16. The summed E-state index contributed by atoms with van der Waals surface area (Å²) in [4.78, 5) is 23.8. The molecule has 0 aliphatic carbocycles. The Balaban J connectivity index is 1.88. The number of ether oxygens (including phenoxy) is 1. The van der Waals surface area contributed by atoms with E-state index in [-0.39, 0.29) is 29.0 Å². The third-order valence-corrected chi connectivity index (χ3v) is 5.30. The van der Waals surface area contributed by atoms with Crippen molar-refractivity contribution in [2.24, 2.45) is 0 Å². The fraction of sp³-hybridized carbons (Fsp3) is 0.368. The minimum atomic E-state index is -3.75. The fourth-order valence-electron chi connectivity index (χ4n) is 2.47. The molecule has 9 heteroatoms. The summed E-state index contributed by atoms with van der Waals surface area (Å²) in [6.07, 6.45) is 3.23. The van der Waals surface area contributed by atoms with Crippen LogP contribution in [-0.2, 0) is 26.1 Å². The highest BCUT2D eigenvalue weighted by atomic mass is 32.2. The van der Waals surface area contributed by atoms with Gasteiger partial charge in [-0.1, -0.05) is 13.3 Å². The van der Waals surface area contributed by atoms with E-state index in [1.807, 2.05) is 13.8 Å². The van der Waals surface area contributed by atoms with E-state index in [4.69, 9.17) is 9.15 Å². The summed E-state index contributed by atoms with van der Waals surface area (Å²) in [6.45, 7) is 3.52. The Morgan fingerprint density at radius 1 is 1.18 bits per heavy atom. The number of rotatable bonds is 10. The average Bonchev–Trinajstić information content (AvgIpc) is 3.18. The van der Waals surface area contributed by atoms with Crippen molar-refractivity contribution in [3.05, 3.63) is 54.0 Å². The molecule has 8 nitrogen and oxygen atoms in total. The molecular weight excluding hydrogens is 384 g/mol. The normalized spacial score (nSPS) is 12.4. The smallest absolute Gasteiger partial charge is 0.338 e. The number of esters is 1. The standard InChI is InChI=1S/C19H24N2O6S/c1-3-5-14(2)21-18(22)13-27-19(23)15-7-9-17(10-8-15)28(24,25)20-12-16-6-4-11-26-16/h4,6-11,14,20H,3,5,12-13H2,1-2H3,(H,21,22)/t14-/m1/s1. The van der Waals surface area contributed by atoms with Crippen LogP contribution in [0.25, 0.3) is 0 Å². The van der Waals surface area contributed by atoms with E-state index in [1.54, 1.807) is 12.1 Å². The Morgan fingerprint density at radius 2 is 1.89 bits per heavy atom. The topological polar surface area (TPSA) is 115 Å². The minimum Gasteiger partial charge on any atom is -0.468 e.